The summed E-state index contributed by atoms with van der Waals surface area (Å²) in [6.45, 7) is 0. The Bertz CT molecular complexity index is 2180. The van der Waals surface area contributed by atoms with Gasteiger partial charge in [-0.05, 0) is 99.1 Å². The number of aromatic hydroxyl groups is 2. The van der Waals surface area contributed by atoms with Crippen LogP contribution in [-0.4, -0.2) is 14.8 Å². The molecule has 2 N–H and O–H groups in total. The van der Waals surface area contributed by atoms with Gasteiger partial charge in [-0.25, -0.2) is 0 Å². The Morgan fingerprint density at radius 3 is 1.18 bits per heavy atom. The zero-order valence-electron chi connectivity index (χ0n) is 24.4. The summed E-state index contributed by atoms with van der Waals surface area (Å²) in [7, 11) is 0. The van der Waals surface area contributed by atoms with Crippen LogP contribution in [0.3, 0.4) is 0 Å². The molecule has 0 aliphatic carbocycles. The van der Waals surface area contributed by atoms with E-state index in [0.717, 1.165) is 72.0 Å². The van der Waals surface area contributed by atoms with Gasteiger partial charge in [-0.15, -0.1) is 0 Å². The number of rotatable bonds is 5. The van der Waals surface area contributed by atoms with Crippen LogP contribution in [0.25, 0.3) is 72.0 Å². The molecule has 0 saturated heterocycles. The van der Waals surface area contributed by atoms with E-state index in [4.69, 9.17) is 0 Å². The maximum atomic E-state index is 10.2. The fraction of sp³-hybridized carbons (Fsp3) is 0. The molecule has 0 atom stereocenters. The molecule has 0 bridgehead atoms. The van der Waals surface area contributed by atoms with Crippen molar-refractivity contribution in [3.8, 4) is 61.7 Å². The lowest BCUT2D eigenvalue weighted by molar-refractivity contribution is 0.475. The van der Waals surface area contributed by atoms with E-state index in [1.54, 1.807) is 24.3 Å². The molecule has 0 fully saturated rings. The third kappa shape index (κ3) is 4.91. The molecule has 0 aliphatic heterocycles. The van der Waals surface area contributed by atoms with Crippen LogP contribution < -0.4 is 0 Å². The Morgan fingerprint density at radius 1 is 0.311 bits per heavy atom. The fourth-order valence-corrected chi connectivity index (χ4v) is 6.36. The molecular formula is C42H29NO2. The quantitative estimate of drug-likeness (QED) is 0.213. The van der Waals surface area contributed by atoms with Crippen molar-refractivity contribution in [1.29, 1.82) is 0 Å². The van der Waals surface area contributed by atoms with Crippen molar-refractivity contribution in [2.45, 2.75) is 0 Å². The van der Waals surface area contributed by atoms with Crippen LogP contribution in [0, 0.1) is 0 Å². The van der Waals surface area contributed by atoms with Gasteiger partial charge in [0.2, 0.25) is 0 Å². The molecule has 0 radical (unpaired) electrons. The maximum Gasteiger partial charge on any atom is 0.116 e. The summed E-state index contributed by atoms with van der Waals surface area (Å²) in [5.41, 5.74) is 11.7. The van der Waals surface area contributed by atoms with Crippen LogP contribution >= 0.6 is 0 Å². The molecule has 214 valence electrons. The summed E-state index contributed by atoms with van der Waals surface area (Å²) in [6, 6.07) is 55.7. The molecule has 0 amide bonds. The van der Waals surface area contributed by atoms with E-state index in [1.807, 2.05) is 36.4 Å². The number of hydrogen-bond acceptors (Lipinski definition) is 2. The van der Waals surface area contributed by atoms with Gasteiger partial charge in [0.25, 0.3) is 0 Å². The van der Waals surface area contributed by atoms with E-state index in [1.165, 1.54) is 0 Å². The number of phenols is 2. The second-order valence-electron chi connectivity index (χ2n) is 11.4. The number of aromatic nitrogens is 1. The second kappa shape index (κ2) is 10.9. The standard InChI is InChI=1S/C42H29NO2/c44-37-15-7-13-30(24-37)32-17-19-39-40-20-18-33(31-14-8-16-38(45)25-31)27-42(40)43(41(39)26-32)36-22-34(28-9-3-1-4-10-28)21-35(23-36)29-11-5-2-6-12-29/h1-27,44-45H. The average Bonchev–Trinajstić information content (AvgIpc) is 3.42. The monoisotopic (exact) mass is 579 g/mol. The lowest BCUT2D eigenvalue weighted by atomic mass is 9.98. The van der Waals surface area contributed by atoms with E-state index in [-0.39, 0.29) is 11.5 Å². The van der Waals surface area contributed by atoms with Gasteiger partial charge in [0.15, 0.2) is 0 Å². The minimum Gasteiger partial charge on any atom is -0.508 e. The third-order valence-electron chi connectivity index (χ3n) is 8.52. The van der Waals surface area contributed by atoms with Gasteiger partial charge in [0, 0.05) is 16.5 Å². The molecule has 0 spiro atoms. The fourth-order valence-electron chi connectivity index (χ4n) is 6.36. The lowest BCUT2D eigenvalue weighted by Crippen LogP contribution is -1.96. The molecule has 3 heteroatoms. The van der Waals surface area contributed by atoms with E-state index in [9.17, 15) is 10.2 Å². The Hall–Kier alpha value is -6.06. The first kappa shape index (κ1) is 26.6. The van der Waals surface area contributed by atoms with Gasteiger partial charge >= 0.3 is 0 Å². The van der Waals surface area contributed by atoms with Crippen LogP contribution in [0.2, 0.25) is 0 Å². The second-order valence-corrected chi connectivity index (χ2v) is 11.4. The van der Waals surface area contributed by atoms with Crippen LogP contribution in [0.1, 0.15) is 0 Å². The van der Waals surface area contributed by atoms with Crippen molar-refractivity contribution in [2.24, 2.45) is 0 Å². The zero-order chi connectivity index (χ0) is 30.3. The smallest absolute Gasteiger partial charge is 0.116 e. The first-order valence-electron chi connectivity index (χ1n) is 15.0. The summed E-state index contributed by atoms with van der Waals surface area (Å²) in [4.78, 5) is 0. The Labute approximate surface area is 261 Å². The number of phenolic OH excluding ortho intramolecular Hbond substituents is 2. The Kier molecular flexibility index (Phi) is 6.43. The highest BCUT2D eigenvalue weighted by molar-refractivity contribution is 6.11. The van der Waals surface area contributed by atoms with E-state index < -0.39 is 0 Å². The highest BCUT2D eigenvalue weighted by atomic mass is 16.3. The van der Waals surface area contributed by atoms with Crippen LogP contribution in [0.4, 0.5) is 0 Å². The maximum absolute atomic E-state index is 10.2. The van der Waals surface area contributed by atoms with Crippen molar-refractivity contribution >= 4 is 21.8 Å². The molecule has 8 aromatic rings. The van der Waals surface area contributed by atoms with Gasteiger partial charge in [0.1, 0.15) is 11.5 Å². The minimum absolute atomic E-state index is 0.243. The van der Waals surface area contributed by atoms with Gasteiger partial charge in [-0.1, -0.05) is 109 Å². The SMILES string of the molecule is Oc1cccc(-c2ccc3c4ccc(-c5cccc(O)c5)cc4n(-c4cc(-c5ccccc5)cc(-c5ccccc5)c4)c3c2)c1. The van der Waals surface area contributed by atoms with E-state index in [2.05, 4.69) is 108 Å². The third-order valence-corrected chi connectivity index (χ3v) is 8.52. The van der Waals surface area contributed by atoms with Gasteiger partial charge in [-0.3, -0.25) is 0 Å². The summed E-state index contributed by atoms with van der Waals surface area (Å²) < 4.78 is 2.35. The molecule has 1 aromatic heterocycles. The van der Waals surface area contributed by atoms with Crippen LogP contribution in [-0.2, 0) is 0 Å². The molecule has 0 aliphatic rings. The molecule has 1 heterocycles. The Morgan fingerprint density at radius 2 is 0.733 bits per heavy atom. The molecule has 8 rings (SSSR count). The van der Waals surface area contributed by atoms with Crippen LogP contribution in [0.5, 0.6) is 11.5 Å². The van der Waals surface area contributed by atoms with E-state index in [0.29, 0.717) is 0 Å². The topological polar surface area (TPSA) is 45.4 Å². The predicted octanol–water partition coefficient (Wildman–Crippen LogP) is 10.9. The Balaban J connectivity index is 1.45. The zero-order valence-corrected chi connectivity index (χ0v) is 24.4. The summed E-state index contributed by atoms with van der Waals surface area (Å²) in [5, 5.41) is 22.8. The van der Waals surface area contributed by atoms with Gasteiger partial charge < -0.3 is 14.8 Å². The van der Waals surface area contributed by atoms with Crippen molar-refractivity contribution in [1.82, 2.24) is 4.57 Å². The van der Waals surface area contributed by atoms with Crippen molar-refractivity contribution in [3.05, 3.63) is 164 Å². The number of nitrogens with zero attached hydrogens (tertiary/aromatic N) is 1. The van der Waals surface area contributed by atoms with Crippen molar-refractivity contribution in [2.75, 3.05) is 0 Å². The van der Waals surface area contributed by atoms with E-state index >= 15 is 0 Å². The molecule has 0 saturated carbocycles. The number of hydrogen-bond donors (Lipinski definition) is 2. The summed E-state index contributed by atoms with van der Waals surface area (Å²) in [6.07, 6.45) is 0. The summed E-state index contributed by atoms with van der Waals surface area (Å²) in [5.74, 6) is 0.485. The van der Waals surface area contributed by atoms with Gasteiger partial charge in [0.05, 0.1) is 11.0 Å². The van der Waals surface area contributed by atoms with Crippen LogP contribution in [0.15, 0.2) is 164 Å². The molecular weight excluding hydrogens is 550 g/mol. The first-order chi connectivity index (χ1) is 22.1. The number of benzene rings is 7. The van der Waals surface area contributed by atoms with Crippen molar-refractivity contribution < 1.29 is 10.2 Å². The molecule has 7 aromatic carbocycles. The average molecular weight is 580 g/mol. The minimum atomic E-state index is 0.243. The highest BCUT2D eigenvalue weighted by Gasteiger charge is 2.17. The van der Waals surface area contributed by atoms with Gasteiger partial charge in [-0.2, -0.15) is 0 Å². The lowest BCUT2D eigenvalue weighted by Gasteiger charge is -2.15. The van der Waals surface area contributed by atoms with Crippen molar-refractivity contribution in [3.63, 3.8) is 0 Å². The highest BCUT2D eigenvalue weighted by Crippen LogP contribution is 2.39. The normalized spacial score (nSPS) is 11.3. The molecule has 0 unspecified atom stereocenters. The summed E-state index contributed by atoms with van der Waals surface area (Å²) >= 11 is 0. The molecule has 3 nitrogen and oxygen atoms in total. The largest absolute Gasteiger partial charge is 0.508 e. The first-order valence-corrected chi connectivity index (χ1v) is 15.0. The predicted molar refractivity (Wildman–Crippen MR) is 186 cm³/mol. The molecule has 45 heavy (non-hydrogen) atoms. The number of fused-ring (bicyclic) bond motifs is 3.